The quantitative estimate of drug-likeness (QED) is 0.657. The number of hydrogen-bond acceptors (Lipinski definition) is 2. The van der Waals surface area contributed by atoms with Gasteiger partial charge < -0.3 is 4.84 Å². The summed E-state index contributed by atoms with van der Waals surface area (Å²) in [6.45, 7) is 0. The first-order chi connectivity index (χ1) is 10.9. The minimum atomic E-state index is 0.867. The Bertz CT molecular complexity index is 809. The van der Waals surface area contributed by atoms with Gasteiger partial charge in [0.2, 0.25) is 0 Å². The van der Waals surface area contributed by atoms with Gasteiger partial charge in [-0.3, -0.25) is 0 Å². The van der Waals surface area contributed by atoms with E-state index < -0.39 is 0 Å². The lowest BCUT2D eigenvalue weighted by Gasteiger charge is -2.31. The molecule has 0 fully saturated rings. The zero-order valence-corrected chi connectivity index (χ0v) is 12.0. The molecule has 0 bridgehead atoms. The number of fused-ring (bicyclic) bond motifs is 1. The molecule has 0 saturated heterocycles. The molecule has 4 rings (SSSR count). The second-order valence-electron chi connectivity index (χ2n) is 5.15. The van der Waals surface area contributed by atoms with E-state index in [9.17, 15) is 0 Å². The molecule has 0 radical (unpaired) electrons. The molecule has 1 aliphatic heterocycles. The van der Waals surface area contributed by atoms with E-state index in [0.717, 1.165) is 28.3 Å². The molecular formula is C20H15NO. The number of para-hydroxylation sites is 2. The summed E-state index contributed by atoms with van der Waals surface area (Å²) in [6.07, 6.45) is 2.17. The summed E-state index contributed by atoms with van der Waals surface area (Å²) < 4.78 is 0. The molecule has 0 spiro atoms. The highest BCUT2D eigenvalue weighted by molar-refractivity contribution is 5.91. The van der Waals surface area contributed by atoms with E-state index in [1.165, 1.54) is 0 Å². The van der Waals surface area contributed by atoms with Gasteiger partial charge in [-0.15, -0.1) is 0 Å². The molecule has 0 aromatic heterocycles. The summed E-state index contributed by atoms with van der Waals surface area (Å²) in [5, 5.41) is 1.89. The highest BCUT2D eigenvalue weighted by Crippen LogP contribution is 2.36. The van der Waals surface area contributed by atoms with Crippen molar-refractivity contribution in [1.29, 1.82) is 0 Å². The van der Waals surface area contributed by atoms with Crippen molar-refractivity contribution in [2.75, 3.05) is 5.06 Å². The SMILES string of the molecule is C1=C(c2ccccc2)N(c2ccccc2)Oc2ccccc21. The van der Waals surface area contributed by atoms with Gasteiger partial charge in [0, 0.05) is 11.1 Å². The van der Waals surface area contributed by atoms with Crippen LogP contribution in [-0.4, -0.2) is 0 Å². The standard InChI is InChI=1S/C20H15NO/c1-3-9-16(10-4-1)19-15-17-11-7-8-14-20(17)22-21(19)18-12-5-2-6-13-18/h1-15H. The average Bonchev–Trinajstić information content (AvgIpc) is 2.62. The molecule has 2 nitrogen and oxygen atoms in total. The number of nitrogens with zero attached hydrogens (tertiary/aromatic N) is 1. The van der Waals surface area contributed by atoms with Crippen molar-refractivity contribution in [2.24, 2.45) is 0 Å². The number of rotatable bonds is 2. The van der Waals surface area contributed by atoms with Crippen molar-refractivity contribution < 1.29 is 4.84 Å². The van der Waals surface area contributed by atoms with Crippen LogP contribution < -0.4 is 9.90 Å². The average molecular weight is 285 g/mol. The van der Waals surface area contributed by atoms with E-state index >= 15 is 0 Å². The third kappa shape index (κ3) is 2.25. The zero-order chi connectivity index (χ0) is 14.8. The normalized spacial score (nSPS) is 13.1. The van der Waals surface area contributed by atoms with Crippen LogP contribution in [0.4, 0.5) is 5.69 Å². The fourth-order valence-corrected chi connectivity index (χ4v) is 2.60. The molecule has 0 aliphatic carbocycles. The van der Waals surface area contributed by atoms with Crippen molar-refractivity contribution in [2.45, 2.75) is 0 Å². The molecule has 2 heteroatoms. The van der Waals surface area contributed by atoms with E-state index in [1.54, 1.807) is 0 Å². The van der Waals surface area contributed by atoms with Crippen LogP contribution in [0.1, 0.15) is 11.1 Å². The van der Waals surface area contributed by atoms with Crippen LogP contribution in [0.5, 0.6) is 5.75 Å². The van der Waals surface area contributed by atoms with Gasteiger partial charge in [-0.2, -0.15) is 5.06 Å². The Morgan fingerprint density at radius 1 is 0.636 bits per heavy atom. The highest BCUT2D eigenvalue weighted by Gasteiger charge is 2.22. The maximum Gasteiger partial charge on any atom is 0.163 e. The Morgan fingerprint density at radius 2 is 1.27 bits per heavy atom. The summed E-state index contributed by atoms with van der Waals surface area (Å²) in [5.74, 6) is 0.867. The molecule has 0 amide bonds. The van der Waals surface area contributed by atoms with E-state index in [2.05, 4.69) is 24.3 Å². The molecule has 1 aliphatic rings. The fraction of sp³-hybridized carbons (Fsp3) is 0. The lowest BCUT2D eigenvalue weighted by atomic mass is 10.1. The van der Waals surface area contributed by atoms with Crippen LogP contribution in [-0.2, 0) is 0 Å². The Kier molecular flexibility index (Phi) is 3.13. The second-order valence-corrected chi connectivity index (χ2v) is 5.15. The second kappa shape index (κ2) is 5.41. The Balaban J connectivity index is 1.87. The largest absolute Gasteiger partial charge is 0.374 e. The zero-order valence-electron chi connectivity index (χ0n) is 12.0. The number of anilines is 1. The van der Waals surface area contributed by atoms with Gasteiger partial charge in [0.1, 0.15) is 0 Å². The third-order valence-electron chi connectivity index (χ3n) is 3.68. The number of benzene rings is 3. The first-order valence-electron chi connectivity index (χ1n) is 7.31. The van der Waals surface area contributed by atoms with Crippen LogP contribution in [0.3, 0.4) is 0 Å². The van der Waals surface area contributed by atoms with E-state index in [1.807, 2.05) is 71.8 Å². The Morgan fingerprint density at radius 3 is 2.05 bits per heavy atom. The Labute approximate surface area is 129 Å². The molecular weight excluding hydrogens is 270 g/mol. The van der Waals surface area contributed by atoms with Crippen molar-refractivity contribution >= 4 is 17.5 Å². The fourth-order valence-electron chi connectivity index (χ4n) is 2.60. The van der Waals surface area contributed by atoms with Gasteiger partial charge in [-0.1, -0.05) is 66.7 Å². The van der Waals surface area contributed by atoms with Crippen molar-refractivity contribution in [1.82, 2.24) is 0 Å². The summed E-state index contributed by atoms with van der Waals surface area (Å²) in [5.41, 5.74) is 4.26. The molecule has 0 N–H and O–H groups in total. The van der Waals surface area contributed by atoms with E-state index in [0.29, 0.717) is 0 Å². The predicted octanol–water partition coefficient (Wildman–Crippen LogP) is 5.00. The van der Waals surface area contributed by atoms with Gasteiger partial charge in [-0.05, 0) is 24.3 Å². The lowest BCUT2D eigenvalue weighted by Crippen LogP contribution is -2.28. The van der Waals surface area contributed by atoms with Crippen molar-refractivity contribution in [3.05, 3.63) is 96.1 Å². The van der Waals surface area contributed by atoms with Gasteiger partial charge in [0.05, 0.1) is 11.4 Å². The number of hydroxylamine groups is 1. The van der Waals surface area contributed by atoms with Gasteiger partial charge in [0.25, 0.3) is 0 Å². The Hall–Kier alpha value is -3.00. The highest BCUT2D eigenvalue weighted by atomic mass is 16.7. The summed E-state index contributed by atoms with van der Waals surface area (Å²) in [4.78, 5) is 6.15. The van der Waals surface area contributed by atoms with Crippen LogP contribution >= 0.6 is 0 Å². The lowest BCUT2D eigenvalue weighted by molar-refractivity contribution is 0.323. The summed E-state index contributed by atoms with van der Waals surface area (Å²) in [7, 11) is 0. The molecule has 22 heavy (non-hydrogen) atoms. The molecule has 1 heterocycles. The smallest absolute Gasteiger partial charge is 0.163 e. The van der Waals surface area contributed by atoms with Crippen molar-refractivity contribution in [3.8, 4) is 5.75 Å². The number of hydrogen-bond donors (Lipinski definition) is 0. The van der Waals surface area contributed by atoms with Crippen molar-refractivity contribution in [3.63, 3.8) is 0 Å². The molecule has 106 valence electrons. The monoisotopic (exact) mass is 285 g/mol. The topological polar surface area (TPSA) is 12.5 Å². The molecule has 3 aromatic carbocycles. The van der Waals surface area contributed by atoms with Crippen LogP contribution in [0.2, 0.25) is 0 Å². The van der Waals surface area contributed by atoms with Gasteiger partial charge in [-0.25, -0.2) is 0 Å². The minimum Gasteiger partial charge on any atom is -0.374 e. The predicted molar refractivity (Wildman–Crippen MR) is 90.3 cm³/mol. The van der Waals surface area contributed by atoms with Gasteiger partial charge in [0.15, 0.2) is 5.75 Å². The molecule has 0 unspecified atom stereocenters. The maximum absolute atomic E-state index is 6.15. The molecule has 0 saturated carbocycles. The first-order valence-corrected chi connectivity index (χ1v) is 7.31. The third-order valence-corrected chi connectivity index (χ3v) is 3.68. The van der Waals surface area contributed by atoms with E-state index in [-0.39, 0.29) is 0 Å². The first kappa shape index (κ1) is 12.7. The summed E-state index contributed by atoms with van der Waals surface area (Å²) >= 11 is 0. The van der Waals surface area contributed by atoms with Crippen LogP contribution in [0.25, 0.3) is 11.8 Å². The maximum atomic E-state index is 6.15. The van der Waals surface area contributed by atoms with E-state index in [4.69, 9.17) is 4.84 Å². The van der Waals surface area contributed by atoms with Crippen LogP contribution in [0.15, 0.2) is 84.9 Å². The van der Waals surface area contributed by atoms with Crippen LogP contribution in [0, 0.1) is 0 Å². The van der Waals surface area contributed by atoms with Gasteiger partial charge >= 0.3 is 0 Å². The minimum absolute atomic E-state index is 0.867. The summed E-state index contributed by atoms with van der Waals surface area (Å²) in [6, 6.07) is 28.5. The molecule has 3 aromatic rings. The molecule has 0 atom stereocenters.